The van der Waals surface area contributed by atoms with Crippen molar-refractivity contribution in [3.8, 4) is 17.1 Å². The highest BCUT2D eigenvalue weighted by Crippen LogP contribution is 2.25. The summed E-state index contributed by atoms with van der Waals surface area (Å²) in [7, 11) is 1.63. The first-order valence-corrected chi connectivity index (χ1v) is 4.84. The maximum atomic E-state index is 5.32. The van der Waals surface area contributed by atoms with Gasteiger partial charge in [-0.2, -0.15) is 0 Å². The number of rotatable bonds is 2. The Labute approximate surface area is 89.8 Å². The molecule has 1 heterocycles. The van der Waals surface area contributed by atoms with Gasteiger partial charge in [0.25, 0.3) is 4.80 Å². The first-order chi connectivity index (χ1) is 6.79. The van der Waals surface area contributed by atoms with Crippen LogP contribution in [0.4, 0.5) is 0 Å². The molecular weight excluding hydrogens is 246 g/mol. The monoisotopic (exact) mass is 253 g/mol. The fourth-order valence-electron chi connectivity index (χ4n) is 1.16. The lowest BCUT2D eigenvalue weighted by molar-refractivity contribution is 0.414. The van der Waals surface area contributed by atoms with Crippen LogP contribution in [0.5, 0.6) is 5.75 Å². The molecule has 1 aromatic heterocycles. The Morgan fingerprint density at radius 2 is 2.29 bits per heavy atom. The van der Waals surface area contributed by atoms with Crippen LogP contribution in [0.2, 0.25) is 0 Å². The van der Waals surface area contributed by atoms with Crippen molar-refractivity contribution in [1.29, 1.82) is 0 Å². The van der Waals surface area contributed by atoms with E-state index in [4.69, 9.17) is 9.15 Å². The minimum Gasteiger partial charge on any atom is -0.497 e. The Morgan fingerprint density at radius 3 is 2.93 bits per heavy atom. The summed E-state index contributed by atoms with van der Waals surface area (Å²) in [6.07, 6.45) is 1.67. The van der Waals surface area contributed by atoms with Gasteiger partial charge >= 0.3 is 0 Å². The maximum absolute atomic E-state index is 5.32. The molecule has 0 amide bonds. The molecule has 0 aliphatic rings. The number of nitrogens with zero attached hydrogens (tertiary/aromatic N) is 1. The van der Waals surface area contributed by atoms with Crippen molar-refractivity contribution in [2.75, 3.05) is 7.11 Å². The molecule has 0 unspecified atom stereocenters. The van der Waals surface area contributed by atoms with Crippen LogP contribution in [0.15, 0.2) is 39.7 Å². The summed E-state index contributed by atoms with van der Waals surface area (Å²) in [5.41, 5.74) is 0.947. The third-order valence-electron chi connectivity index (χ3n) is 1.83. The second-order valence-electron chi connectivity index (χ2n) is 2.71. The van der Waals surface area contributed by atoms with E-state index in [-0.39, 0.29) is 0 Å². The first kappa shape index (κ1) is 9.27. The standard InChI is InChI=1S/C10H8BrNO2/c1-13-8-4-2-3-7(5-8)9-6-12-10(11)14-9/h2-6H,1H3. The average Bonchev–Trinajstić information content (AvgIpc) is 2.65. The van der Waals surface area contributed by atoms with Crippen molar-refractivity contribution in [1.82, 2.24) is 4.98 Å². The summed E-state index contributed by atoms with van der Waals surface area (Å²) in [5.74, 6) is 1.52. The number of hydrogen-bond acceptors (Lipinski definition) is 3. The Bertz CT molecular complexity index is 439. The van der Waals surface area contributed by atoms with Crippen molar-refractivity contribution in [3.05, 3.63) is 35.3 Å². The summed E-state index contributed by atoms with van der Waals surface area (Å²) < 4.78 is 10.4. The summed E-state index contributed by atoms with van der Waals surface area (Å²) >= 11 is 3.16. The molecule has 0 atom stereocenters. The molecule has 0 aliphatic heterocycles. The highest BCUT2D eigenvalue weighted by molar-refractivity contribution is 9.10. The molecule has 0 N–H and O–H groups in total. The summed E-state index contributed by atoms with van der Waals surface area (Å²) in [5, 5.41) is 0. The Balaban J connectivity index is 2.41. The van der Waals surface area contributed by atoms with Crippen molar-refractivity contribution >= 4 is 15.9 Å². The molecule has 14 heavy (non-hydrogen) atoms. The van der Waals surface area contributed by atoms with Gasteiger partial charge in [-0.15, -0.1) is 0 Å². The van der Waals surface area contributed by atoms with Gasteiger partial charge in [0.2, 0.25) is 0 Å². The van der Waals surface area contributed by atoms with Gasteiger partial charge in [-0.05, 0) is 12.1 Å². The van der Waals surface area contributed by atoms with E-state index >= 15 is 0 Å². The van der Waals surface area contributed by atoms with Gasteiger partial charge in [0.1, 0.15) is 5.75 Å². The van der Waals surface area contributed by atoms with Crippen LogP contribution in [0.1, 0.15) is 0 Å². The summed E-state index contributed by atoms with van der Waals surface area (Å²) in [6.45, 7) is 0. The molecule has 2 rings (SSSR count). The molecule has 1 aromatic carbocycles. The highest BCUT2D eigenvalue weighted by Gasteiger charge is 2.04. The second kappa shape index (κ2) is 3.84. The van der Waals surface area contributed by atoms with Gasteiger partial charge in [0.05, 0.1) is 13.3 Å². The molecule has 0 saturated heterocycles. The van der Waals surface area contributed by atoms with E-state index < -0.39 is 0 Å². The van der Waals surface area contributed by atoms with Crippen LogP contribution in [-0.4, -0.2) is 12.1 Å². The molecule has 4 heteroatoms. The molecule has 0 radical (unpaired) electrons. The number of aromatic nitrogens is 1. The van der Waals surface area contributed by atoms with Crippen molar-refractivity contribution in [2.24, 2.45) is 0 Å². The van der Waals surface area contributed by atoms with Gasteiger partial charge in [0, 0.05) is 21.5 Å². The zero-order valence-electron chi connectivity index (χ0n) is 7.53. The van der Waals surface area contributed by atoms with E-state index in [9.17, 15) is 0 Å². The topological polar surface area (TPSA) is 35.3 Å². The van der Waals surface area contributed by atoms with Crippen LogP contribution in [0.3, 0.4) is 0 Å². The minimum absolute atomic E-state index is 0.482. The van der Waals surface area contributed by atoms with E-state index in [1.165, 1.54) is 0 Å². The quantitative estimate of drug-likeness (QED) is 0.825. The molecular formula is C10H8BrNO2. The van der Waals surface area contributed by atoms with Gasteiger partial charge in [-0.1, -0.05) is 12.1 Å². The van der Waals surface area contributed by atoms with Gasteiger partial charge in [-0.25, -0.2) is 4.98 Å². The van der Waals surface area contributed by atoms with Crippen LogP contribution < -0.4 is 4.74 Å². The molecule has 2 aromatic rings. The normalized spacial score (nSPS) is 10.1. The van der Waals surface area contributed by atoms with Crippen molar-refractivity contribution in [3.63, 3.8) is 0 Å². The van der Waals surface area contributed by atoms with Crippen LogP contribution in [0.25, 0.3) is 11.3 Å². The lowest BCUT2D eigenvalue weighted by Crippen LogP contribution is -1.82. The lowest BCUT2D eigenvalue weighted by Gasteiger charge is -2.00. The van der Waals surface area contributed by atoms with Crippen molar-refractivity contribution < 1.29 is 9.15 Å². The molecule has 0 aliphatic carbocycles. The van der Waals surface area contributed by atoms with Gasteiger partial charge in [0.15, 0.2) is 5.76 Å². The number of ether oxygens (including phenoxy) is 1. The predicted molar refractivity (Wildman–Crippen MR) is 56.2 cm³/mol. The number of hydrogen-bond donors (Lipinski definition) is 0. The minimum atomic E-state index is 0.482. The fourth-order valence-corrected chi connectivity index (χ4v) is 1.44. The fraction of sp³-hybridized carbons (Fsp3) is 0.100. The Morgan fingerprint density at radius 1 is 1.43 bits per heavy atom. The highest BCUT2D eigenvalue weighted by atomic mass is 79.9. The lowest BCUT2D eigenvalue weighted by atomic mass is 10.2. The SMILES string of the molecule is COc1cccc(-c2cnc(Br)o2)c1. The number of benzene rings is 1. The summed E-state index contributed by atoms with van der Waals surface area (Å²) in [4.78, 5) is 4.44. The summed E-state index contributed by atoms with van der Waals surface area (Å²) in [6, 6.07) is 7.63. The Hall–Kier alpha value is -1.29. The van der Waals surface area contributed by atoms with Gasteiger partial charge in [-0.3, -0.25) is 0 Å². The van der Waals surface area contributed by atoms with Crippen LogP contribution >= 0.6 is 15.9 Å². The van der Waals surface area contributed by atoms with Crippen LogP contribution in [-0.2, 0) is 0 Å². The second-order valence-corrected chi connectivity index (χ2v) is 3.39. The average molecular weight is 254 g/mol. The van der Waals surface area contributed by atoms with E-state index in [1.807, 2.05) is 24.3 Å². The molecule has 0 saturated carbocycles. The molecule has 72 valence electrons. The number of oxazole rings is 1. The largest absolute Gasteiger partial charge is 0.497 e. The Kier molecular flexibility index (Phi) is 2.54. The van der Waals surface area contributed by atoms with E-state index in [0.29, 0.717) is 4.80 Å². The van der Waals surface area contributed by atoms with Gasteiger partial charge < -0.3 is 9.15 Å². The smallest absolute Gasteiger partial charge is 0.264 e. The van der Waals surface area contributed by atoms with E-state index in [0.717, 1.165) is 17.1 Å². The molecule has 3 nitrogen and oxygen atoms in total. The maximum Gasteiger partial charge on any atom is 0.264 e. The molecule has 0 spiro atoms. The third-order valence-corrected chi connectivity index (χ3v) is 2.20. The zero-order valence-corrected chi connectivity index (χ0v) is 9.11. The van der Waals surface area contributed by atoms with E-state index in [1.54, 1.807) is 13.3 Å². The predicted octanol–water partition coefficient (Wildman–Crippen LogP) is 3.11. The number of methoxy groups -OCH3 is 1. The molecule has 0 bridgehead atoms. The molecule has 0 fully saturated rings. The van der Waals surface area contributed by atoms with E-state index in [2.05, 4.69) is 20.9 Å². The van der Waals surface area contributed by atoms with Crippen LogP contribution in [0, 0.1) is 0 Å². The first-order valence-electron chi connectivity index (χ1n) is 4.05. The third kappa shape index (κ3) is 1.80. The van der Waals surface area contributed by atoms with Crippen molar-refractivity contribution in [2.45, 2.75) is 0 Å². The zero-order chi connectivity index (χ0) is 9.97. The number of halogens is 1.